The van der Waals surface area contributed by atoms with E-state index in [1.54, 1.807) is 30.0 Å². The Kier molecular flexibility index (Phi) is 4.00. The lowest BCUT2D eigenvalue weighted by atomic mass is 9.95. The molecule has 28 heavy (non-hydrogen) atoms. The zero-order chi connectivity index (χ0) is 19.3. The summed E-state index contributed by atoms with van der Waals surface area (Å²) in [7, 11) is 1.66. The maximum Gasteiger partial charge on any atom is 0.272 e. The largest absolute Gasteiger partial charge is 0.497 e. The van der Waals surface area contributed by atoms with Gasteiger partial charge in [0.2, 0.25) is 0 Å². The smallest absolute Gasteiger partial charge is 0.272 e. The van der Waals surface area contributed by atoms with Gasteiger partial charge in [0, 0.05) is 5.56 Å². The minimum absolute atomic E-state index is 0.175. The van der Waals surface area contributed by atoms with Gasteiger partial charge in [0.05, 0.1) is 34.5 Å². The number of hydrogen-bond donors (Lipinski definition) is 0. The van der Waals surface area contributed by atoms with Gasteiger partial charge in [-0.15, -0.1) is 10.2 Å². The van der Waals surface area contributed by atoms with E-state index < -0.39 is 0 Å². The Morgan fingerprint density at radius 2 is 1.79 bits per heavy atom. The van der Waals surface area contributed by atoms with E-state index in [2.05, 4.69) is 32.4 Å². The van der Waals surface area contributed by atoms with E-state index in [0.717, 1.165) is 30.0 Å². The second-order valence-corrected chi connectivity index (χ2v) is 7.63. The fourth-order valence-electron chi connectivity index (χ4n) is 3.47. The number of benzene rings is 2. The van der Waals surface area contributed by atoms with Crippen molar-refractivity contribution in [2.24, 2.45) is 0 Å². The molecule has 1 aliphatic carbocycles. The van der Waals surface area contributed by atoms with Crippen molar-refractivity contribution >= 4 is 29.0 Å². The minimum atomic E-state index is -0.175. The number of fused-ring (bicyclic) bond motifs is 1. The number of methoxy groups -OCH3 is 1. The summed E-state index contributed by atoms with van der Waals surface area (Å²) in [6, 6.07) is 13.4. The fourth-order valence-corrected chi connectivity index (χ4v) is 3.76. The zero-order valence-corrected chi connectivity index (χ0v) is 16.4. The molecule has 5 rings (SSSR count). The van der Waals surface area contributed by atoms with Gasteiger partial charge < -0.3 is 4.74 Å². The molecule has 0 saturated heterocycles. The molecule has 0 amide bonds. The van der Waals surface area contributed by atoms with Crippen molar-refractivity contribution in [3.63, 3.8) is 0 Å². The second kappa shape index (κ2) is 6.43. The van der Waals surface area contributed by atoms with E-state index in [1.165, 1.54) is 5.56 Å². The molecule has 140 valence electrons. The van der Waals surface area contributed by atoms with Gasteiger partial charge in [0.1, 0.15) is 5.75 Å². The van der Waals surface area contributed by atoms with Gasteiger partial charge in [0.25, 0.3) is 5.78 Å². The average molecular weight is 412 g/mol. The van der Waals surface area contributed by atoms with E-state index in [1.807, 2.05) is 18.2 Å². The summed E-state index contributed by atoms with van der Waals surface area (Å²) >= 11 is 12.1. The fraction of sp³-hybridized carbons (Fsp3) is 0.200. The van der Waals surface area contributed by atoms with Crippen molar-refractivity contribution in [1.82, 2.24) is 24.8 Å². The molecule has 0 N–H and O–H groups in total. The average Bonchev–Trinajstić information content (AvgIpc) is 3.42. The molecule has 6 nitrogen and oxygen atoms in total. The Balaban J connectivity index is 1.55. The summed E-state index contributed by atoms with van der Waals surface area (Å²) in [5, 5.41) is 14.2. The van der Waals surface area contributed by atoms with Crippen LogP contribution in [0.5, 0.6) is 5.75 Å². The number of aromatic nitrogens is 5. The molecule has 0 unspecified atom stereocenters. The maximum absolute atomic E-state index is 6.12. The third kappa shape index (κ3) is 2.72. The van der Waals surface area contributed by atoms with Crippen LogP contribution in [0.4, 0.5) is 0 Å². The van der Waals surface area contributed by atoms with Crippen LogP contribution in [0, 0.1) is 0 Å². The van der Waals surface area contributed by atoms with E-state index in [-0.39, 0.29) is 5.41 Å². The summed E-state index contributed by atoms with van der Waals surface area (Å²) in [6.45, 7) is 0. The van der Waals surface area contributed by atoms with E-state index in [9.17, 15) is 0 Å². The molecule has 2 aromatic heterocycles. The van der Waals surface area contributed by atoms with Gasteiger partial charge >= 0.3 is 0 Å². The van der Waals surface area contributed by atoms with E-state index in [0.29, 0.717) is 21.5 Å². The summed E-state index contributed by atoms with van der Waals surface area (Å²) in [5.41, 5.74) is 2.49. The van der Waals surface area contributed by atoms with Crippen LogP contribution in [0.2, 0.25) is 10.0 Å². The van der Waals surface area contributed by atoms with E-state index >= 15 is 0 Å². The molecule has 1 aliphatic rings. The molecule has 2 aromatic carbocycles. The predicted octanol–water partition coefficient (Wildman–Crippen LogP) is 4.58. The summed E-state index contributed by atoms with van der Waals surface area (Å²) in [4.78, 5) is 4.60. The Morgan fingerprint density at radius 1 is 1.00 bits per heavy atom. The number of hydrogen-bond acceptors (Lipinski definition) is 5. The first kappa shape index (κ1) is 17.4. The molecule has 2 heterocycles. The van der Waals surface area contributed by atoms with Crippen molar-refractivity contribution in [2.45, 2.75) is 18.3 Å². The van der Waals surface area contributed by atoms with Gasteiger partial charge in [-0.25, -0.2) is 4.98 Å². The van der Waals surface area contributed by atoms with Crippen LogP contribution >= 0.6 is 23.2 Å². The standard InChI is InChI=1S/C20H15Cl2N5O/c1-28-14-5-3-13(4-6-14)20(8-9-20)18-25-26-19-24-17(11-23-27(18)19)12-2-7-15(21)16(22)10-12/h2-7,10-11H,8-9H2,1H3. The molecule has 0 spiro atoms. The molecular weight excluding hydrogens is 397 g/mol. The highest BCUT2D eigenvalue weighted by atomic mass is 35.5. The first-order valence-corrected chi connectivity index (χ1v) is 9.55. The van der Waals surface area contributed by atoms with Crippen LogP contribution in [0.1, 0.15) is 24.2 Å². The lowest BCUT2D eigenvalue weighted by Crippen LogP contribution is -2.15. The number of ether oxygens (including phenoxy) is 1. The molecular formula is C20H15Cl2N5O. The second-order valence-electron chi connectivity index (χ2n) is 6.82. The van der Waals surface area contributed by atoms with Crippen LogP contribution < -0.4 is 4.74 Å². The minimum Gasteiger partial charge on any atom is -0.497 e. The topological polar surface area (TPSA) is 65.2 Å². The van der Waals surface area contributed by atoms with Gasteiger partial charge in [0.15, 0.2) is 5.82 Å². The van der Waals surface area contributed by atoms with Crippen LogP contribution in [0.15, 0.2) is 48.7 Å². The highest BCUT2D eigenvalue weighted by Crippen LogP contribution is 2.52. The van der Waals surface area contributed by atoms with Crippen molar-refractivity contribution < 1.29 is 4.74 Å². The molecule has 0 radical (unpaired) electrons. The van der Waals surface area contributed by atoms with Crippen LogP contribution in [0.25, 0.3) is 17.0 Å². The highest BCUT2D eigenvalue weighted by Gasteiger charge is 2.50. The zero-order valence-electron chi connectivity index (χ0n) is 14.9. The Labute approximate surface area is 171 Å². The van der Waals surface area contributed by atoms with Crippen molar-refractivity contribution in [1.29, 1.82) is 0 Å². The van der Waals surface area contributed by atoms with Crippen LogP contribution in [-0.2, 0) is 5.41 Å². The molecule has 0 atom stereocenters. The first-order chi connectivity index (χ1) is 13.6. The molecule has 4 aromatic rings. The molecule has 1 saturated carbocycles. The maximum atomic E-state index is 6.12. The van der Waals surface area contributed by atoms with Crippen LogP contribution in [-0.4, -0.2) is 31.9 Å². The molecule has 8 heteroatoms. The normalized spacial score (nSPS) is 15.0. The lowest BCUT2D eigenvalue weighted by molar-refractivity contribution is 0.414. The predicted molar refractivity (Wildman–Crippen MR) is 107 cm³/mol. The highest BCUT2D eigenvalue weighted by molar-refractivity contribution is 6.42. The van der Waals surface area contributed by atoms with E-state index in [4.69, 9.17) is 27.9 Å². The Bertz CT molecular complexity index is 1190. The number of halogens is 2. The van der Waals surface area contributed by atoms with Gasteiger partial charge in [-0.2, -0.15) is 9.61 Å². The quantitative estimate of drug-likeness (QED) is 0.491. The SMILES string of the molecule is COc1ccc(C2(c3nnc4nc(-c5ccc(Cl)c(Cl)c5)cnn34)CC2)cc1. The number of rotatable bonds is 4. The number of nitrogens with zero attached hydrogens (tertiary/aromatic N) is 5. The van der Waals surface area contributed by atoms with Crippen LogP contribution in [0.3, 0.4) is 0 Å². The monoisotopic (exact) mass is 411 g/mol. The third-order valence-electron chi connectivity index (χ3n) is 5.18. The van der Waals surface area contributed by atoms with Gasteiger partial charge in [-0.1, -0.05) is 41.4 Å². The molecule has 1 fully saturated rings. The third-order valence-corrected chi connectivity index (χ3v) is 5.92. The summed E-state index contributed by atoms with van der Waals surface area (Å²) in [6.07, 6.45) is 3.69. The van der Waals surface area contributed by atoms with Crippen molar-refractivity contribution in [3.05, 3.63) is 70.1 Å². The molecule has 0 aliphatic heterocycles. The summed E-state index contributed by atoms with van der Waals surface area (Å²) < 4.78 is 6.98. The summed E-state index contributed by atoms with van der Waals surface area (Å²) in [5.74, 6) is 2.09. The Hall–Kier alpha value is -2.70. The molecule has 0 bridgehead atoms. The van der Waals surface area contributed by atoms with Gasteiger partial charge in [-0.3, -0.25) is 0 Å². The van der Waals surface area contributed by atoms with Crippen molar-refractivity contribution in [2.75, 3.05) is 7.11 Å². The van der Waals surface area contributed by atoms with Gasteiger partial charge in [-0.05, 0) is 42.7 Å². The first-order valence-electron chi connectivity index (χ1n) is 8.80. The van der Waals surface area contributed by atoms with Crippen molar-refractivity contribution in [3.8, 4) is 17.0 Å². The lowest BCUT2D eigenvalue weighted by Gasteiger charge is -2.14. The Morgan fingerprint density at radius 3 is 2.46 bits per heavy atom.